The lowest BCUT2D eigenvalue weighted by atomic mass is 9.96. The first kappa shape index (κ1) is 28.8. The molecule has 0 amide bonds. The Bertz CT molecular complexity index is 2610. The predicted octanol–water partition coefficient (Wildman–Crippen LogP) is 12.7. The van der Waals surface area contributed by atoms with E-state index in [2.05, 4.69) is 192 Å². The minimum atomic E-state index is 1.14. The first-order valence-electron chi connectivity index (χ1n) is 16.8. The van der Waals surface area contributed by atoms with Crippen LogP contribution in [0.3, 0.4) is 0 Å². The van der Waals surface area contributed by atoms with Gasteiger partial charge in [0.2, 0.25) is 0 Å². The number of hydrogen-bond donors (Lipinski definition) is 0. The third kappa shape index (κ3) is 4.80. The third-order valence-corrected chi connectivity index (χ3v) is 9.92. The van der Waals surface area contributed by atoms with Gasteiger partial charge < -0.3 is 9.13 Å². The quantitative estimate of drug-likeness (QED) is 0.174. The van der Waals surface area contributed by atoms with Gasteiger partial charge >= 0.3 is 0 Å². The van der Waals surface area contributed by atoms with Gasteiger partial charge in [-0.05, 0) is 107 Å². The van der Waals surface area contributed by atoms with Gasteiger partial charge in [-0.15, -0.1) is 0 Å². The number of aromatic nitrogens is 2. The van der Waals surface area contributed by atoms with Crippen LogP contribution in [-0.4, -0.2) is 9.13 Å². The maximum atomic E-state index is 4.11. The zero-order chi connectivity index (χ0) is 32.9. The lowest BCUT2D eigenvalue weighted by Gasteiger charge is -2.12. The smallest absolute Gasteiger partial charge is 0.0541 e. The van der Waals surface area contributed by atoms with E-state index in [0.717, 1.165) is 17.1 Å². The van der Waals surface area contributed by atoms with Crippen LogP contribution in [0.5, 0.6) is 0 Å². The minimum Gasteiger partial charge on any atom is -0.310 e. The van der Waals surface area contributed by atoms with Crippen LogP contribution in [-0.2, 0) is 0 Å². The molecule has 0 saturated heterocycles. The molecule has 2 nitrogen and oxygen atoms in total. The molecule has 232 valence electrons. The predicted molar refractivity (Wildman–Crippen MR) is 209 cm³/mol. The summed E-state index contributed by atoms with van der Waals surface area (Å²) in [6, 6.07) is 61.4. The molecule has 2 heterocycles. The van der Waals surface area contributed by atoms with Gasteiger partial charge in [0.15, 0.2) is 0 Å². The second kappa shape index (κ2) is 11.7. The van der Waals surface area contributed by atoms with Gasteiger partial charge in [-0.25, -0.2) is 0 Å². The Morgan fingerprint density at radius 2 is 0.776 bits per heavy atom. The Kier molecular flexibility index (Phi) is 6.88. The molecule has 0 aliphatic rings. The fraction of sp³-hybridized carbons (Fsp3) is 0.0213. The van der Waals surface area contributed by atoms with Crippen molar-refractivity contribution in [2.24, 2.45) is 0 Å². The van der Waals surface area contributed by atoms with Gasteiger partial charge in [0.1, 0.15) is 0 Å². The molecule has 0 bridgehead atoms. The molecule has 2 aromatic heterocycles. The molecule has 2 heteroatoms. The fourth-order valence-corrected chi connectivity index (χ4v) is 7.51. The average molecular weight is 627 g/mol. The highest BCUT2D eigenvalue weighted by Gasteiger charge is 2.14. The van der Waals surface area contributed by atoms with Gasteiger partial charge in [0.25, 0.3) is 0 Å². The molecule has 0 aliphatic heterocycles. The Morgan fingerprint density at radius 3 is 1.24 bits per heavy atom. The van der Waals surface area contributed by atoms with Crippen LogP contribution in [0.15, 0.2) is 176 Å². The number of para-hydroxylation sites is 3. The molecule has 9 rings (SSSR count). The van der Waals surface area contributed by atoms with Crippen molar-refractivity contribution in [3.05, 3.63) is 188 Å². The molecular formula is C47H34N2. The second-order valence-corrected chi connectivity index (χ2v) is 12.7. The minimum absolute atomic E-state index is 1.14. The summed E-state index contributed by atoms with van der Waals surface area (Å²) < 4.78 is 4.67. The lowest BCUT2D eigenvalue weighted by molar-refractivity contribution is 1.10. The molecule has 0 radical (unpaired) electrons. The van der Waals surface area contributed by atoms with Crippen molar-refractivity contribution in [1.82, 2.24) is 9.13 Å². The summed E-state index contributed by atoms with van der Waals surface area (Å²) in [5, 5.41) is 3.81. The molecule has 9 aromatic rings. The van der Waals surface area contributed by atoms with E-state index in [1.165, 1.54) is 71.7 Å². The van der Waals surface area contributed by atoms with E-state index in [1.54, 1.807) is 0 Å². The molecule has 0 spiro atoms. The number of hydrogen-bond acceptors (Lipinski definition) is 0. The van der Waals surface area contributed by atoms with Crippen molar-refractivity contribution in [3.8, 4) is 44.8 Å². The van der Waals surface area contributed by atoms with Crippen LogP contribution in [0.25, 0.3) is 83.5 Å². The zero-order valence-electron chi connectivity index (χ0n) is 27.3. The monoisotopic (exact) mass is 626 g/mol. The van der Waals surface area contributed by atoms with Gasteiger partial charge in [0.05, 0.1) is 16.6 Å². The largest absolute Gasteiger partial charge is 0.310 e. The van der Waals surface area contributed by atoms with E-state index in [0.29, 0.717) is 0 Å². The van der Waals surface area contributed by atoms with E-state index in [-0.39, 0.29) is 0 Å². The van der Waals surface area contributed by atoms with Crippen LogP contribution in [0.4, 0.5) is 0 Å². The average Bonchev–Trinajstić information content (AvgIpc) is 3.66. The van der Waals surface area contributed by atoms with E-state index in [9.17, 15) is 0 Å². The normalized spacial score (nSPS) is 11.4. The van der Waals surface area contributed by atoms with Crippen LogP contribution in [0.2, 0.25) is 0 Å². The van der Waals surface area contributed by atoms with E-state index in [4.69, 9.17) is 0 Å². The summed E-state index contributed by atoms with van der Waals surface area (Å²) in [7, 11) is 0. The first-order chi connectivity index (χ1) is 24.2. The molecule has 0 N–H and O–H groups in total. The van der Waals surface area contributed by atoms with Crippen molar-refractivity contribution in [2.75, 3.05) is 0 Å². The summed E-state index contributed by atoms with van der Waals surface area (Å²) in [6.07, 6.45) is 1.96. The van der Waals surface area contributed by atoms with E-state index < -0.39 is 0 Å². The highest BCUT2D eigenvalue weighted by atomic mass is 15.0. The lowest BCUT2D eigenvalue weighted by Crippen LogP contribution is -1.96. The summed E-state index contributed by atoms with van der Waals surface area (Å²) >= 11 is 0. The SMILES string of the molecule is C=Cc1c(C)c2ccccc2n1-c1ccc(-c2cccc(-c3cccc(-c4ccc(-n5c6ccccc6c6ccccc65)cc4)c3)c2)cc1. The summed E-state index contributed by atoms with van der Waals surface area (Å²) in [6.45, 7) is 6.29. The molecule has 0 aliphatic carbocycles. The number of fused-ring (bicyclic) bond motifs is 4. The highest BCUT2D eigenvalue weighted by molar-refractivity contribution is 6.09. The van der Waals surface area contributed by atoms with Gasteiger partial charge in [-0.1, -0.05) is 122 Å². The summed E-state index contributed by atoms with van der Waals surface area (Å²) in [4.78, 5) is 0. The molecule has 49 heavy (non-hydrogen) atoms. The number of nitrogens with zero attached hydrogens (tertiary/aromatic N) is 2. The molecule has 0 saturated carbocycles. The van der Waals surface area contributed by atoms with Crippen molar-refractivity contribution in [3.63, 3.8) is 0 Å². The van der Waals surface area contributed by atoms with Crippen molar-refractivity contribution in [2.45, 2.75) is 6.92 Å². The Hall–Kier alpha value is -6.38. The summed E-state index contributed by atoms with van der Waals surface area (Å²) in [5.74, 6) is 0. The molecule has 0 unspecified atom stereocenters. The maximum Gasteiger partial charge on any atom is 0.0541 e. The van der Waals surface area contributed by atoms with Crippen molar-refractivity contribution < 1.29 is 0 Å². The third-order valence-electron chi connectivity index (χ3n) is 9.92. The molecule has 0 atom stereocenters. The number of benzene rings is 7. The zero-order valence-corrected chi connectivity index (χ0v) is 27.3. The standard InChI is InChI=1S/C47H34N2/c1-3-44-32(2)41-16-4-7-19-45(41)48(44)39-26-22-33(23-27-39)35-12-10-14-37(30-35)38-15-11-13-36(31-38)34-24-28-40(29-25-34)49-46-20-8-5-17-42(46)43-18-6-9-21-47(43)49/h3-31H,1H2,2H3. The Morgan fingerprint density at radius 1 is 0.388 bits per heavy atom. The van der Waals surface area contributed by atoms with Crippen LogP contribution in [0.1, 0.15) is 11.3 Å². The van der Waals surface area contributed by atoms with Crippen molar-refractivity contribution in [1.29, 1.82) is 0 Å². The van der Waals surface area contributed by atoms with Gasteiger partial charge in [-0.3, -0.25) is 0 Å². The molecule has 7 aromatic carbocycles. The second-order valence-electron chi connectivity index (χ2n) is 12.7. The fourth-order valence-electron chi connectivity index (χ4n) is 7.51. The maximum absolute atomic E-state index is 4.11. The molecular weight excluding hydrogens is 593 g/mol. The van der Waals surface area contributed by atoms with Crippen LogP contribution < -0.4 is 0 Å². The molecule has 0 fully saturated rings. The highest BCUT2D eigenvalue weighted by Crippen LogP contribution is 2.35. The number of aryl methyl sites for hydroxylation is 1. The van der Waals surface area contributed by atoms with Gasteiger partial charge in [-0.2, -0.15) is 0 Å². The number of rotatable bonds is 6. The first-order valence-corrected chi connectivity index (χ1v) is 16.8. The van der Waals surface area contributed by atoms with Gasteiger partial charge in [0, 0.05) is 33.2 Å². The van der Waals surface area contributed by atoms with E-state index in [1.807, 2.05) is 6.08 Å². The van der Waals surface area contributed by atoms with Crippen LogP contribution >= 0.6 is 0 Å². The Balaban J connectivity index is 1.02. The van der Waals surface area contributed by atoms with Crippen LogP contribution in [0, 0.1) is 6.92 Å². The topological polar surface area (TPSA) is 9.86 Å². The van der Waals surface area contributed by atoms with E-state index >= 15 is 0 Å². The summed E-state index contributed by atoms with van der Waals surface area (Å²) in [5.41, 5.74) is 15.5. The van der Waals surface area contributed by atoms with Crippen molar-refractivity contribution >= 4 is 38.8 Å². The Labute approximate surface area is 286 Å².